The normalized spacial score (nSPS) is 14.2. The lowest BCUT2D eigenvalue weighted by Crippen LogP contribution is -2.24. The van der Waals surface area contributed by atoms with Gasteiger partial charge in [-0.2, -0.15) is 0 Å². The second-order valence-corrected chi connectivity index (χ2v) is 8.52. The zero-order valence-corrected chi connectivity index (χ0v) is 16.5. The number of aromatic hydroxyl groups is 1. The van der Waals surface area contributed by atoms with Gasteiger partial charge in [0.2, 0.25) is 0 Å². The van der Waals surface area contributed by atoms with Crippen LogP contribution in [0.2, 0.25) is 0 Å². The molecular formula is C21H30NOP. The summed E-state index contributed by atoms with van der Waals surface area (Å²) in [6, 6.07) is 12.7. The first-order valence-electron chi connectivity index (χ1n) is 8.79. The molecule has 2 atom stereocenters. The number of nitrogens with one attached hydrogen (secondary N) is 1. The molecule has 0 saturated heterocycles. The van der Waals surface area contributed by atoms with Gasteiger partial charge < -0.3 is 10.4 Å². The van der Waals surface area contributed by atoms with Gasteiger partial charge in [-0.3, -0.25) is 0 Å². The average molecular weight is 343 g/mol. The Morgan fingerprint density at radius 2 is 1.71 bits per heavy atom. The van der Waals surface area contributed by atoms with Crippen molar-refractivity contribution in [1.82, 2.24) is 5.32 Å². The largest absolute Gasteiger partial charge is 0.507 e. The molecule has 0 radical (unpaired) electrons. The number of hydrogen-bond donors (Lipinski definition) is 2. The Labute approximate surface area is 148 Å². The summed E-state index contributed by atoms with van der Waals surface area (Å²) >= 11 is 0. The molecule has 0 heterocycles. The summed E-state index contributed by atoms with van der Waals surface area (Å²) in [4.78, 5) is 0. The summed E-state index contributed by atoms with van der Waals surface area (Å²) in [7, 11) is 0.628. The van der Waals surface area contributed by atoms with Crippen LogP contribution in [0.4, 0.5) is 0 Å². The predicted octanol–water partition coefficient (Wildman–Crippen LogP) is 4.75. The molecule has 2 N–H and O–H groups in total. The second kappa shape index (κ2) is 8.14. The maximum Gasteiger partial charge on any atom is 0.122 e. The van der Waals surface area contributed by atoms with Gasteiger partial charge in [0, 0.05) is 17.3 Å². The molecule has 2 nitrogen and oxygen atoms in total. The Morgan fingerprint density at radius 3 is 2.38 bits per heavy atom. The van der Waals surface area contributed by atoms with Crippen molar-refractivity contribution in [2.75, 3.05) is 6.54 Å². The van der Waals surface area contributed by atoms with Crippen molar-refractivity contribution in [2.45, 2.75) is 52.7 Å². The molecule has 0 saturated carbocycles. The highest BCUT2D eigenvalue weighted by molar-refractivity contribution is 7.48. The lowest BCUT2D eigenvalue weighted by molar-refractivity contribution is 0.452. The summed E-state index contributed by atoms with van der Waals surface area (Å²) in [5.41, 5.74) is 4.74. The second-order valence-electron chi connectivity index (χ2n) is 6.67. The summed E-state index contributed by atoms with van der Waals surface area (Å²) in [5, 5.41) is 15.4. The van der Waals surface area contributed by atoms with Gasteiger partial charge in [-0.05, 0) is 48.8 Å². The van der Waals surface area contributed by atoms with E-state index in [9.17, 15) is 5.11 Å². The smallest absolute Gasteiger partial charge is 0.122 e. The average Bonchev–Trinajstić information content (AvgIpc) is 2.57. The van der Waals surface area contributed by atoms with Crippen molar-refractivity contribution in [1.29, 1.82) is 0 Å². The lowest BCUT2D eigenvalue weighted by atomic mass is 9.94. The van der Waals surface area contributed by atoms with Crippen LogP contribution < -0.4 is 10.6 Å². The zero-order valence-electron chi connectivity index (χ0n) is 15.5. The number of rotatable bonds is 7. The minimum atomic E-state index is -0.0524. The molecule has 3 heteroatoms. The number of para-hydroxylation sites is 1. The molecule has 130 valence electrons. The van der Waals surface area contributed by atoms with Crippen LogP contribution in [0.25, 0.3) is 0 Å². The van der Waals surface area contributed by atoms with E-state index in [1.165, 1.54) is 16.4 Å². The molecule has 0 aliphatic heterocycles. The van der Waals surface area contributed by atoms with Crippen molar-refractivity contribution in [3.63, 3.8) is 0 Å². The van der Waals surface area contributed by atoms with E-state index in [4.69, 9.17) is 0 Å². The van der Waals surface area contributed by atoms with Crippen LogP contribution in [0.5, 0.6) is 5.75 Å². The molecule has 24 heavy (non-hydrogen) atoms. The Balaban J connectivity index is 2.45. The fraction of sp³-hybridized carbons (Fsp3) is 0.429. The first kappa shape index (κ1) is 19.0. The molecule has 0 aliphatic carbocycles. The Kier molecular flexibility index (Phi) is 6.43. The summed E-state index contributed by atoms with van der Waals surface area (Å²) < 4.78 is 0. The third-order valence-corrected chi connectivity index (χ3v) is 7.00. The monoisotopic (exact) mass is 343 g/mol. The molecule has 0 fully saturated rings. The lowest BCUT2D eigenvalue weighted by Gasteiger charge is -2.32. The van der Waals surface area contributed by atoms with E-state index in [-0.39, 0.29) is 5.16 Å². The zero-order chi connectivity index (χ0) is 17.7. The van der Waals surface area contributed by atoms with Gasteiger partial charge in [-0.15, -0.1) is 0 Å². The fourth-order valence-electron chi connectivity index (χ4n) is 3.04. The SMILES string of the molecule is CCNCc1cccc(C)c1PC(C)(CC)c1cccc(C)c1O. The van der Waals surface area contributed by atoms with Crippen LogP contribution >= 0.6 is 8.58 Å². The third-order valence-electron chi connectivity index (χ3n) is 4.86. The van der Waals surface area contributed by atoms with Gasteiger partial charge in [0.15, 0.2) is 0 Å². The first-order chi connectivity index (χ1) is 11.4. The van der Waals surface area contributed by atoms with Gasteiger partial charge >= 0.3 is 0 Å². The number of phenols is 1. The topological polar surface area (TPSA) is 32.3 Å². The molecule has 2 aromatic carbocycles. The van der Waals surface area contributed by atoms with Crippen molar-refractivity contribution < 1.29 is 5.11 Å². The van der Waals surface area contributed by atoms with Crippen molar-refractivity contribution in [3.05, 3.63) is 58.7 Å². The predicted molar refractivity (Wildman–Crippen MR) is 107 cm³/mol. The standard InChI is InChI=1S/C21H30NOP/c1-6-21(5,18-13-9-10-15(3)19(18)23)24-20-16(4)11-8-12-17(20)14-22-7-2/h8-13,22-24H,6-7,14H2,1-5H3. The Hall–Kier alpha value is -1.37. The van der Waals surface area contributed by atoms with E-state index < -0.39 is 0 Å². The minimum absolute atomic E-state index is 0.0524. The van der Waals surface area contributed by atoms with Gasteiger partial charge in [0.1, 0.15) is 5.75 Å². The summed E-state index contributed by atoms with van der Waals surface area (Å²) in [6.07, 6.45) is 0.997. The van der Waals surface area contributed by atoms with Crippen LogP contribution in [0.1, 0.15) is 49.4 Å². The third kappa shape index (κ3) is 3.99. The number of hydrogen-bond acceptors (Lipinski definition) is 2. The molecule has 0 aliphatic rings. The van der Waals surface area contributed by atoms with E-state index in [0.29, 0.717) is 14.3 Å². The van der Waals surface area contributed by atoms with Gasteiger partial charge in [0.25, 0.3) is 0 Å². The van der Waals surface area contributed by atoms with E-state index in [1.807, 2.05) is 13.0 Å². The van der Waals surface area contributed by atoms with Crippen LogP contribution in [-0.4, -0.2) is 11.7 Å². The highest BCUT2D eigenvalue weighted by atomic mass is 31.1. The molecule has 0 aromatic heterocycles. The molecule has 0 spiro atoms. The van der Waals surface area contributed by atoms with Gasteiger partial charge in [-0.25, -0.2) is 0 Å². The number of aryl methyl sites for hydroxylation is 2. The van der Waals surface area contributed by atoms with Crippen LogP contribution in [-0.2, 0) is 11.7 Å². The Bertz CT molecular complexity index is 698. The van der Waals surface area contributed by atoms with Crippen molar-refractivity contribution in [2.24, 2.45) is 0 Å². The van der Waals surface area contributed by atoms with Crippen molar-refractivity contribution >= 4 is 13.9 Å². The fourth-order valence-corrected chi connectivity index (χ4v) is 4.72. The van der Waals surface area contributed by atoms with E-state index in [1.54, 1.807) is 0 Å². The highest BCUT2D eigenvalue weighted by Gasteiger charge is 2.29. The molecule has 2 aromatic rings. The maximum atomic E-state index is 10.6. The van der Waals surface area contributed by atoms with Crippen molar-refractivity contribution in [3.8, 4) is 5.75 Å². The molecular weight excluding hydrogens is 313 g/mol. The number of benzene rings is 2. The molecule has 0 bridgehead atoms. The number of phenolic OH excluding ortho intramolecular Hbond substituents is 1. The summed E-state index contributed by atoms with van der Waals surface area (Å²) in [5.74, 6) is 0.455. The first-order valence-corrected chi connectivity index (χ1v) is 9.79. The van der Waals surface area contributed by atoms with Gasteiger partial charge in [-0.1, -0.05) is 65.8 Å². The van der Waals surface area contributed by atoms with E-state index in [2.05, 4.69) is 63.3 Å². The van der Waals surface area contributed by atoms with Crippen LogP contribution in [0.15, 0.2) is 36.4 Å². The highest BCUT2D eigenvalue weighted by Crippen LogP contribution is 2.48. The van der Waals surface area contributed by atoms with E-state index in [0.717, 1.165) is 30.6 Å². The molecule has 2 unspecified atom stereocenters. The molecule has 0 amide bonds. The van der Waals surface area contributed by atoms with Gasteiger partial charge in [0.05, 0.1) is 0 Å². The Morgan fingerprint density at radius 1 is 1.04 bits per heavy atom. The maximum absolute atomic E-state index is 10.6. The van der Waals surface area contributed by atoms with Crippen LogP contribution in [0.3, 0.4) is 0 Å². The summed E-state index contributed by atoms with van der Waals surface area (Å²) in [6.45, 7) is 12.7. The van der Waals surface area contributed by atoms with Crippen LogP contribution in [0, 0.1) is 13.8 Å². The quantitative estimate of drug-likeness (QED) is 0.711. The van der Waals surface area contributed by atoms with E-state index >= 15 is 0 Å². The minimum Gasteiger partial charge on any atom is -0.507 e. The molecule has 2 rings (SSSR count).